The Kier molecular flexibility index (Phi) is 4.65. The number of carbonyl (C=O) groups is 1. The lowest BCUT2D eigenvalue weighted by Crippen LogP contribution is -2.36. The fourth-order valence-electron chi connectivity index (χ4n) is 3.38. The lowest BCUT2D eigenvalue weighted by molar-refractivity contribution is -0.119. The molecule has 1 N–H and O–H groups in total. The van der Waals surface area contributed by atoms with Gasteiger partial charge in [-0.3, -0.25) is 14.2 Å². The third kappa shape index (κ3) is 3.51. The van der Waals surface area contributed by atoms with Crippen molar-refractivity contribution in [3.05, 3.63) is 82.0 Å². The Bertz CT molecular complexity index is 1110. The summed E-state index contributed by atoms with van der Waals surface area (Å²) in [5, 5.41) is 2.95. The van der Waals surface area contributed by atoms with Crippen molar-refractivity contribution in [3.8, 4) is 0 Å². The van der Waals surface area contributed by atoms with Gasteiger partial charge in [0.05, 0.1) is 0 Å². The molecular weight excluding hydrogens is 359 g/mol. The number of aryl methyl sites for hydroxylation is 1. The third-order valence-electron chi connectivity index (χ3n) is 4.70. The van der Waals surface area contributed by atoms with Crippen molar-refractivity contribution < 1.29 is 9.18 Å². The highest BCUT2D eigenvalue weighted by Crippen LogP contribution is 2.27. The fourth-order valence-corrected chi connectivity index (χ4v) is 3.38. The number of amides is 1. The topological polar surface area (TPSA) is 67.2 Å². The quantitative estimate of drug-likeness (QED) is 0.758. The molecule has 1 aliphatic rings. The largest absolute Gasteiger partial charge is 0.325 e. The van der Waals surface area contributed by atoms with Gasteiger partial charge in [0.1, 0.15) is 12.4 Å². The minimum absolute atomic E-state index is 0.155. The molecule has 0 fully saturated rings. The summed E-state index contributed by atoms with van der Waals surface area (Å²) in [4.78, 5) is 31.5. The molecule has 0 saturated heterocycles. The zero-order valence-corrected chi connectivity index (χ0v) is 15.4. The highest BCUT2D eigenvalue weighted by molar-refractivity contribution is 5.95. The van der Waals surface area contributed by atoms with Crippen molar-refractivity contribution in [1.82, 2.24) is 9.55 Å². The second kappa shape index (κ2) is 7.26. The van der Waals surface area contributed by atoms with Crippen LogP contribution in [0.2, 0.25) is 0 Å². The number of carbonyl (C=O) groups excluding carboxylic acids is 1. The first-order valence-electron chi connectivity index (χ1n) is 9.00. The molecule has 0 spiro atoms. The Hall–Kier alpha value is -3.48. The summed E-state index contributed by atoms with van der Waals surface area (Å²) in [5.74, 6) is -0.396. The van der Waals surface area contributed by atoms with Gasteiger partial charge in [-0.1, -0.05) is 24.3 Å². The number of halogens is 1. The van der Waals surface area contributed by atoms with Crippen molar-refractivity contribution in [2.24, 2.45) is 0 Å². The van der Waals surface area contributed by atoms with Gasteiger partial charge in [0.25, 0.3) is 5.56 Å². The standard InChI is InChI=1S/C21H19FN4O2/c1-14-11-19(27)26(21(23-14)24-17-7-4-6-16(22)12-17)13-20(28)25-10-9-15-5-2-3-8-18(15)25/h2-8,11-12H,9-10,13H2,1H3,(H,23,24). The van der Waals surface area contributed by atoms with Crippen LogP contribution in [0, 0.1) is 12.7 Å². The molecule has 0 aliphatic carbocycles. The van der Waals surface area contributed by atoms with Gasteiger partial charge in [0.15, 0.2) is 0 Å². The van der Waals surface area contributed by atoms with Crippen molar-refractivity contribution in [2.45, 2.75) is 19.9 Å². The monoisotopic (exact) mass is 378 g/mol. The van der Waals surface area contributed by atoms with Crippen molar-refractivity contribution in [2.75, 3.05) is 16.8 Å². The average molecular weight is 378 g/mol. The maximum atomic E-state index is 13.5. The van der Waals surface area contributed by atoms with Gasteiger partial charge in [-0.25, -0.2) is 9.37 Å². The molecule has 142 valence electrons. The third-order valence-corrected chi connectivity index (χ3v) is 4.70. The Labute approximate surface area is 161 Å². The maximum absolute atomic E-state index is 13.5. The number of para-hydroxylation sites is 1. The zero-order valence-electron chi connectivity index (χ0n) is 15.4. The SMILES string of the molecule is Cc1cc(=O)n(CC(=O)N2CCc3ccccc32)c(Nc2cccc(F)c2)n1. The van der Waals surface area contributed by atoms with Gasteiger partial charge in [-0.15, -0.1) is 0 Å². The summed E-state index contributed by atoms with van der Waals surface area (Å²) in [5.41, 5.74) is 2.61. The van der Waals surface area contributed by atoms with Crippen LogP contribution in [0.25, 0.3) is 0 Å². The number of aromatic nitrogens is 2. The summed E-state index contributed by atoms with van der Waals surface area (Å²) in [6.45, 7) is 2.12. The van der Waals surface area contributed by atoms with Gasteiger partial charge in [0, 0.05) is 29.7 Å². The van der Waals surface area contributed by atoms with Gasteiger partial charge in [-0.2, -0.15) is 0 Å². The van der Waals surface area contributed by atoms with E-state index in [1.165, 1.54) is 22.8 Å². The second-order valence-electron chi connectivity index (χ2n) is 6.70. The number of hydrogen-bond donors (Lipinski definition) is 1. The van der Waals surface area contributed by atoms with E-state index in [4.69, 9.17) is 0 Å². The Morgan fingerprint density at radius 1 is 1.18 bits per heavy atom. The first kappa shape index (κ1) is 17.9. The van der Waals surface area contributed by atoms with E-state index in [1.807, 2.05) is 24.3 Å². The van der Waals surface area contributed by atoms with Gasteiger partial charge in [0.2, 0.25) is 11.9 Å². The molecule has 2 aromatic carbocycles. The predicted molar refractivity (Wildman–Crippen MR) is 105 cm³/mol. The van der Waals surface area contributed by atoms with Crippen LogP contribution >= 0.6 is 0 Å². The van der Waals surface area contributed by atoms with Crippen LogP contribution < -0.4 is 15.8 Å². The maximum Gasteiger partial charge on any atom is 0.255 e. The molecule has 1 amide bonds. The molecule has 0 atom stereocenters. The summed E-state index contributed by atoms with van der Waals surface area (Å²) in [7, 11) is 0. The fraction of sp³-hybridized carbons (Fsp3) is 0.190. The minimum Gasteiger partial charge on any atom is -0.325 e. The van der Waals surface area contributed by atoms with Crippen LogP contribution in [0.5, 0.6) is 0 Å². The van der Waals surface area contributed by atoms with Crippen LogP contribution in [0.15, 0.2) is 59.4 Å². The average Bonchev–Trinajstić information content (AvgIpc) is 3.09. The van der Waals surface area contributed by atoms with E-state index in [1.54, 1.807) is 24.0 Å². The summed E-state index contributed by atoms with van der Waals surface area (Å²) >= 11 is 0. The Balaban J connectivity index is 1.64. The second-order valence-corrected chi connectivity index (χ2v) is 6.70. The molecule has 1 aliphatic heterocycles. The molecule has 6 nitrogen and oxygen atoms in total. The van der Waals surface area contributed by atoms with Crippen LogP contribution in [0.3, 0.4) is 0 Å². The van der Waals surface area contributed by atoms with Crippen molar-refractivity contribution >= 4 is 23.2 Å². The smallest absolute Gasteiger partial charge is 0.255 e. The van der Waals surface area contributed by atoms with Crippen LogP contribution in [-0.4, -0.2) is 22.0 Å². The molecule has 4 rings (SSSR count). The predicted octanol–water partition coefficient (Wildman–Crippen LogP) is 3.02. The molecule has 0 unspecified atom stereocenters. The number of rotatable bonds is 4. The van der Waals surface area contributed by atoms with Crippen LogP contribution in [-0.2, 0) is 17.8 Å². The van der Waals surface area contributed by atoms with Gasteiger partial charge >= 0.3 is 0 Å². The van der Waals surface area contributed by atoms with E-state index in [-0.39, 0.29) is 24.0 Å². The Morgan fingerprint density at radius 3 is 2.82 bits per heavy atom. The number of nitrogens with one attached hydrogen (secondary N) is 1. The molecule has 0 radical (unpaired) electrons. The molecule has 3 aromatic rings. The van der Waals surface area contributed by atoms with Crippen molar-refractivity contribution in [3.63, 3.8) is 0 Å². The number of fused-ring (bicyclic) bond motifs is 1. The van der Waals surface area contributed by atoms with Crippen molar-refractivity contribution in [1.29, 1.82) is 0 Å². The highest BCUT2D eigenvalue weighted by atomic mass is 19.1. The number of nitrogens with zero attached hydrogens (tertiary/aromatic N) is 3. The molecule has 2 heterocycles. The molecule has 0 saturated carbocycles. The van der Waals surface area contributed by atoms with Gasteiger partial charge in [-0.05, 0) is 43.2 Å². The normalized spacial score (nSPS) is 12.7. The highest BCUT2D eigenvalue weighted by Gasteiger charge is 2.25. The van der Waals surface area contributed by atoms with E-state index < -0.39 is 5.82 Å². The molecule has 0 bridgehead atoms. The first-order valence-corrected chi connectivity index (χ1v) is 9.00. The zero-order chi connectivity index (χ0) is 19.7. The van der Waals surface area contributed by atoms with E-state index in [2.05, 4.69) is 10.3 Å². The lowest BCUT2D eigenvalue weighted by Gasteiger charge is -2.20. The molecule has 1 aromatic heterocycles. The lowest BCUT2D eigenvalue weighted by atomic mass is 10.2. The Morgan fingerprint density at radius 2 is 2.00 bits per heavy atom. The number of anilines is 3. The van der Waals surface area contributed by atoms with E-state index in [0.717, 1.165) is 17.7 Å². The van der Waals surface area contributed by atoms with Gasteiger partial charge < -0.3 is 10.2 Å². The summed E-state index contributed by atoms with van der Waals surface area (Å²) in [6.07, 6.45) is 0.789. The minimum atomic E-state index is -0.406. The van der Waals surface area contributed by atoms with E-state index >= 15 is 0 Å². The first-order chi connectivity index (χ1) is 13.5. The molecular formula is C21H19FN4O2. The van der Waals surface area contributed by atoms with E-state index in [0.29, 0.717) is 17.9 Å². The van der Waals surface area contributed by atoms with Crippen LogP contribution in [0.4, 0.5) is 21.7 Å². The van der Waals surface area contributed by atoms with Crippen LogP contribution in [0.1, 0.15) is 11.3 Å². The summed E-state index contributed by atoms with van der Waals surface area (Å²) < 4.78 is 14.8. The summed E-state index contributed by atoms with van der Waals surface area (Å²) in [6, 6.07) is 15.0. The number of hydrogen-bond acceptors (Lipinski definition) is 4. The molecule has 7 heteroatoms. The number of benzene rings is 2. The van der Waals surface area contributed by atoms with E-state index in [9.17, 15) is 14.0 Å². The molecule has 28 heavy (non-hydrogen) atoms.